The maximum absolute atomic E-state index is 11.2. The molecule has 7 nitrogen and oxygen atoms in total. The molecule has 3 rings (SSSR count). The normalized spacial score (nSPS) is 24.7. The Morgan fingerprint density at radius 1 is 1.19 bits per heavy atom. The first kappa shape index (κ1) is 24.5. The van der Waals surface area contributed by atoms with Crippen molar-refractivity contribution in [2.75, 3.05) is 13.7 Å². The Hall–Kier alpha value is -2.16. The van der Waals surface area contributed by atoms with E-state index in [1.807, 2.05) is 30.3 Å². The van der Waals surface area contributed by atoms with Crippen molar-refractivity contribution in [3.63, 3.8) is 0 Å². The van der Waals surface area contributed by atoms with Crippen LogP contribution in [0.5, 0.6) is 5.75 Å². The van der Waals surface area contributed by atoms with Gasteiger partial charge in [0, 0.05) is 25.6 Å². The molecule has 3 N–H and O–H groups in total. The van der Waals surface area contributed by atoms with E-state index in [0.717, 1.165) is 16.7 Å². The second-order valence-corrected chi connectivity index (χ2v) is 8.84. The number of hydrogen-bond acceptors (Lipinski definition) is 6. The van der Waals surface area contributed by atoms with Gasteiger partial charge in [-0.25, -0.2) is 0 Å². The highest BCUT2D eigenvalue weighted by molar-refractivity contribution is 6.30. The lowest BCUT2D eigenvalue weighted by Crippen LogP contribution is -2.63. The first-order valence-corrected chi connectivity index (χ1v) is 10.9. The summed E-state index contributed by atoms with van der Waals surface area (Å²) in [5.41, 5.74) is 1.91. The molecule has 2 aromatic rings. The number of nitrogens with one attached hydrogen (secondary N) is 1. The van der Waals surface area contributed by atoms with Crippen LogP contribution in [0, 0.1) is 0 Å². The zero-order valence-electron chi connectivity index (χ0n) is 18.7. The van der Waals surface area contributed by atoms with Crippen LogP contribution in [0.4, 0.5) is 0 Å². The van der Waals surface area contributed by atoms with E-state index in [0.29, 0.717) is 23.7 Å². The minimum absolute atomic E-state index is 0.0896. The number of carbonyl (C=O) groups excluding carboxylic acids is 1. The highest BCUT2D eigenvalue weighted by Gasteiger charge is 2.50. The average molecular weight is 464 g/mol. The summed E-state index contributed by atoms with van der Waals surface area (Å²) < 4.78 is 17.2. The van der Waals surface area contributed by atoms with Crippen molar-refractivity contribution in [2.24, 2.45) is 0 Å². The number of benzene rings is 2. The van der Waals surface area contributed by atoms with E-state index in [-0.39, 0.29) is 5.91 Å². The van der Waals surface area contributed by atoms with E-state index < -0.39 is 30.2 Å². The van der Waals surface area contributed by atoms with Gasteiger partial charge in [0.25, 0.3) is 0 Å². The highest BCUT2D eigenvalue weighted by Crippen LogP contribution is 2.35. The number of amides is 1. The van der Waals surface area contributed by atoms with Crippen molar-refractivity contribution in [3.05, 3.63) is 53.1 Å². The number of aliphatic hydroxyl groups is 2. The molecular weight excluding hydrogens is 434 g/mol. The van der Waals surface area contributed by atoms with Gasteiger partial charge in [-0.15, -0.1) is 0 Å². The third kappa shape index (κ3) is 5.60. The Balaban J connectivity index is 1.89. The lowest BCUT2D eigenvalue weighted by molar-refractivity contribution is -0.305. The fourth-order valence-electron chi connectivity index (χ4n) is 3.98. The van der Waals surface area contributed by atoms with Crippen molar-refractivity contribution >= 4 is 17.5 Å². The zero-order chi connectivity index (χ0) is 23.5. The van der Waals surface area contributed by atoms with Gasteiger partial charge in [-0.2, -0.15) is 0 Å². The third-order valence-corrected chi connectivity index (χ3v) is 5.77. The zero-order valence-corrected chi connectivity index (χ0v) is 19.4. The van der Waals surface area contributed by atoms with Crippen molar-refractivity contribution in [1.29, 1.82) is 0 Å². The first-order valence-electron chi connectivity index (χ1n) is 10.5. The topological polar surface area (TPSA) is 97.3 Å². The monoisotopic (exact) mass is 463 g/mol. The van der Waals surface area contributed by atoms with E-state index in [1.165, 1.54) is 14.0 Å². The maximum atomic E-state index is 11.2. The molecule has 1 saturated heterocycles. The van der Waals surface area contributed by atoms with Gasteiger partial charge in [0.2, 0.25) is 12.2 Å². The predicted octanol–water partition coefficient (Wildman–Crippen LogP) is 2.94. The van der Waals surface area contributed by atoms with E-state index in [9.17, 15) is 15.0 Å². The molecule has 8 heteroatoms. The maximum Gasteiger partial charge on any atom is 0.229 e. The van der Waals surface area contributed by atoms with Crippen LogP contribution in [0.25, 0.3) is 11.1 Å². The standard InChI is InChI=1S/C24H30ClNO6/c1-14(27)26-11-10-15-8-9-18(13-19(15)16-6-5-7-17(25)12-16)31-23-21(29)20(28)22(30-4)24(2,3)32-23/h5-9,12-13,20-23,28-29H,10-11H2,1-4H3,(H,26,27)/t20-,21+,22+,23?/m0/s1. The van der Waals surface area contributed by atoms with Gasteiger partial charge in [0.05, 0.1) is 5.60 Å². The molecule has 0 bridgehead atoms. The van der Waals surface area contributed by atoms with Crippen molar-refractivity contribution < 1.29 is 29.2 Å². The molecule has 1 aliphatic heterocycles. The van der Waals surface area contributed by atoms with Crippen LogP contribution < -0.4 is 10.1 Å². The lowest BCUT2D eigenvalue weighted by Gasteiger charge is -2.46. The molecule has 1 heterocycles. The summed E-state index contributed by atoms with van der Waals surface area (Å²) in [6, 6.07) is 13.0. The molecule has 4 atom stereocenters. The molecule has 0 radical (unpaired) electrons. The van der Waals surface area contributed by atoms with Crippen LogP contribution in [0.2, 0.25) is 5.02 Å². The third-order valence-electron chi connectivity index (χ3n) is 5.54. The number of hydrogen-bond donors (Lipinski definition) is 3. The molecule has 174 valence electrons. The fraction of sp³-hybridized carbons (Fsp3) is 0.458. The number of rotatable bonds is 7. The van der Waals surface area contributed by atoms with Crippen LogP contribution >= 0.6 is 11.6 Å². The van der Waals surface area contributed by atoms with Crippen molar-refractivity contribution in [2.45, 2.75) is 57.4 Å². The average Bonchev–Trinajstić information content (AvgIpc) is 2.72. The Morgan fingerprint density at radius 2 is 1.94 bits per heavy atom. The Morgan fingerprint density at radius 3 is 2.59 bits per heavy atom. The molecular formula is C24H30ClNO6. The number of methoxy groups -OCH3 is 1. The van der Waals surface area contributed by atoms with Gasteiger partial charge in [-0.1, -0.05) is 29.8 Å². The second kappa shape index (κ2) is 10.2. The Bertz CT molecular complexity index is 950. The largest absolute Gasteiger partial charge is 0.462 e. The van der Waals surface area contributed by atoms with E-state index in [2.05, 4.69) is 5.32 Å². The number of carbonyl (C=O) groups is 1. The number of ether oxygens (including phenoxy) is 3. The molecule has 1 fully saturated rings. The van der Waals surface area contributed by atoms with Crippen molar-refractivity contribution in [1.82, 2.24) is 5.32 Å². The van der Waals surface area contributed by atoms with Gasteiger partial charge in [0.1, 0.15) is 24.1 Å². The Kier molecular flexibility index (Phi) is 7.79. The minimum atomic E-state index is -1.29. The molecule has 1 aliphatic rings. The van der Waals surface area contributed by atoms with Crippen LogP contribution in [0.3, 0.4) is 0 Å². The minimum Gasteiger partial charge on any atom is -0.462 e. The summed E-state index contributed by atoms with van der Waals surface area (Å²) in [5.74, 6) is 0.374. The van der Waals surface area contributed by atoms with Crippen LogP contribution in [0.15, 0.2) is 42.5 Å². The van der Waals surface area contributed by atoms with E-state index in [4.69, 9.17) is 25.8 Å². The van der Waals surface area contributed by atoms with Gasteiger partial charge < -0.3 is 29.7 Å². The quantitative estimate of drug-likeness (QED) is 0.584. The molecule has 0 saturated carbocycles. The molecule has 1 unspecified atom stereocenters. The number of aliphatic hydroxyl groups excluding tert-OH is 2. The SMILES string of the molecule is CO[C@@H]1[C@@H](O)[C@@H](O)C(Oc2ccc(CCNC(C)=O)c(-c3cccc(Cl)c3)c2)OC1(C)C. The molecule has 0 aromatic heterocycles. The summed E-state index contributed by atoms with van der Waals surface area (Å²) in [7, 11) is 1.46. The van der Waals surface area contributed by atoms with Gasteiger partial charge >= 0.3 is 0 Å². The molecule has 0 spiro atoms. The summed E-state index contributed by atoms with van der Waals surface area (Å²) in [6.07, 6.45) is -3.62. The molecule has 1 amide bonds. The van der Waals surface area contributed by atoms with Crippen LogP contribution in [0.1, 0.15) is 26.3 Å². The van der Waals surface area contributed by atoms with E-state index in [1.54, 1.807) is 26.0 Å². The second-order valence-electron chi connectivity index (χ2n) is 8.41. The summed E-state index contributed by atoms with van der Waals surface area (Å²) in [4.78, 5) is 11.2. The van der Waals surface area contributed by atoms with Gasteiger partial charge in [-0.05, 0) is 61.2 Å². The molecule has 2 aromatic carbocycles. The van der Waals surface area contributed by atoms with Crippen molar-refractivity contribution in [3.8, 4) is 16.9 Å². The summed E-state index contributed by atoms with van der Waals surface area (Å²) in [5, 5.41) is 24.4. The summed E-state index contributed by atoms with van der Waals surface area (Å²) >= 11 is 6.20. The van der Waals surface area contributed by atoms with Crippen LogP contribution in [-0.4, -0.2) is 60.0 Å². The number of halogens is 1. The van der Waals surface area contributed by atoms with Crippen LogP contribution in [-0.2, 0) is 20.7 Å². The highest BCUT2D eigenvalue weighted by atomic mass is 35.5. The smallest absolute Gasteiger partial charge is 0.229 e. The Labute approximate surface area is 193 Å². The van der Waals surface area contributed by atoms with E-state index >= 15 is 0 Å². The predicted molar refractivity (Wildman–Crippen MR) is 122 cm³/mol. The summed E-state index contributed by atoms with van der Waals surface area (Å²) in [6.45, 7) is 5.52. The van der Waals surface area contributed by atoms with Gasteiger partial charge in [0.15, 0.2) is 0 Å². The molecule has 32 heavy (non-hydrogen) atoms. The lowest BCUT2D eigenvalue weighted by atomic mass is 9.89. The molecule has 0 aliphatic carbocycles. The fourth-order valence-corrected chi connectivity index (χ4v) is 4.17. The van der Waals surface area contributed by atoms with Gasteiger partial charge in [-0.3, -0.25) is 4.79 Å². The first-order chi connectivity index (χ1) is 15.1.